The van der Waals surface area contributed by atoms with Gasteiger partial charge in [0.25, 0.3) is 5.91 Å². The minimum atomic E-state index is -0.0625. The number of rotatable bonds is 5. The highest BCUT2D eigenvalue weighted by atomic mass is 16.5. The normalized spacial score (nSPS) is 14.9. The largest absolute Gasteiger partial charge is 0.496 e. The lowest BCUT2D eigenvalue weighted by Gasteiger charge is -2.32. The Bertz CT molecular complexity index is 687. The van der Waals surface area contributed by atoms with Crippen LogP contribution >= 0.6 is 0 Å². The third-order valence-corrected chi connectivity index (χ3v) is 4.42. The Kier molecular flexibility index (Phi) is 5.43. The lowest BCUT2D eigenvalue weighted by atomic mass is 10.1. The summed E-state index contributed by atoms with van der Waals surface area (Å²) in [6.45, 7) is 1.30. The van der Waals surface area contributed by atoms with Gasteiger partial charge < -0.3 is 19.1 Å². The predicted octanol–water partition coefficient (Wildman–Crippen LogP) is 3.39. The van der Waals surface area contributed by atoms with Gasteiger partial charge in [-0.3, -0.25) is 4.79 Å². The van der Waals surface area contributed by atoms with Crippen molar-refractivity contribution < 1.29 is 19.0 Å². The molecule has 2 aromatic rings. The average Bonchev–Trinajstić information content (AvgIpc) is 2.68. The Morgan fingerprint density at radius 2 is 1.52 bits per heavy atom. The van der Waals surface area contributed by atoms with Gasteiger partial charge >= 0.3 is 0 Å². The van der Waals surface area contributed by atoms with Crippen molar-refractivity contribution in [2.24, 2.45) is 0 Å². The predicted molar refractivity (Wildman–Crippen MR) is 95.5 cm³/mol. The number of piperidine rings is 1. The topological polar surface area (TPSA) is 48.0 Å². The number of para-hydroxylation sites is 1. The van der Waals surface area contributed by atoms with Gasteiger partial charge in [-0.1, -0.05) is 24.3 Å². The van der Waals surface area contributed by atoms with E-state index in [0.29, 0.717) is 30.2 Å². The molecule has 0 saturated carbocycles. The molecule has 132 valence electrons. The standard InChI is InChI=1S/C20H23NO4/c1-23-17-9-6-10-18(24-2)19(17)20(22)21-13-11-16(12-14-21)25-15-7-4-3-5-8-15/h3-10,16H,11-14H2,1-2H3. The first kappa shape index (κ1) is 17.1. The molecule has 1 fully saturated rings. The summed E-state index contributed by atoms with van der Waals surface area (Å²) in [6, 6.07) is 15.2. The van der Waals surface area contributed by atoms with Crippen LogP contribution in [0.1, 0.15) is 23.2 Å². The van der Waals surface area contributed by atoms with Gasteiger partial charge in [0, 0.05) is 25.9 Å². The first-order valence-corrected chi connectivity index (χ1v) is 8.45. The van der Waals surface area contributed by atoms with Gasteiger partial charge in [0.1, 0.15) is 28.9 Å². The van der Waals surface area contributed by atoms with Crippen LogP contribution in [0.2, 0.25) is 0 Å². The maximum Gasteiger partial charge on any atom is 0.261 e. The highest BCUT2D eigenvalue weighted by molar-refractivity contribution is 5.99. The number of likely N-dealkylation sites (tertiary alicyclic amines) is 1. The van der Waals surface area contributed by atoms with Crippen molar-refractivity contribution in [1.29, 1.82) is 0 Å². The molecule has 1 aliphatic rings. The van der Waals surface area contributed by atoms with Gasteiger partial charge in [-0.05, 0) is 24.3 Å². The molecule has 1 amide bonds. The summed E-state index contributed by atoms with van der Waals surface area (Å²) >= 11 is 0. The van der Waals surface area contributed by atoms with Gasteiger partial charge in [0.05, 0.1) is 14.2 Å². The third kappa shape index (κ3) is 3.87. The molecular weight excluding hydrogens is 318 g/mol. The molecule has 1 heterocycles. The van der Waals surface area contributed by atoms with E-state index in [2.05, 4.69) is 0 Å². The number of carbonyl (C=O) groups excluding carboxylic acids is 1. The average molecular weight is 341 g/mol. The number of carbonyl (C=O) groups is 1. The molecule has 25 heavy (non-hydrogen) atoms. The number of hydrogen-bond acceptors (Lipinski definition) is 4. The quantitative estimate of drug-likeness (QED) is 0.836. The zero-order valence-corrected chi connectivity index (χ0v) is 14.6. The first-order valence-electron chi connectivity index (χ1n) is 8.45. The van der Waals surface area contributed by atoms with E-state index in [1.54, 1.807) is 26.4 Å². The van der Waals surface area contributed by atoms with E-state index < -0.39 is 0 Å². The smallest absolute Gasteiger partial charge is 0.261 e. The fourth-order valence-corrected chi connectivity index (χ4v) is 3.09. The summed E-state index contributed by atoms with van der Waals surface area (Å²) in [7, 11) is 3.12. The van der Waals surface area contributed by atoms with Crippen LogP contribution in [0.4, 0.5) is 0 Å². The Morgan fingerprint density at radius 3 is 2.08 bits per heavy atom. The molecular formula is C20H23NO4. The molecule has 0 unspecified atom stereocenters. The zero-order chi connectivity index (χ0) is 17.6. The zero-order valence-electron chi connectivity index (χ0n) is 14.6. The van der Waals surface area contributed by atoms with Gasteiger partial charge in [-0.15, -0.1) is 0 Å². The number of methoxy groups -OCH3 is 2. The van der Waals surface area contributed by atoms with Crippen LogP contribution in [0.5, 0.6) is 17.2 Å². The number of ether oxygens (including phenoxy) is 3. The third-order valence-electron chi connectivity index (χ3n) is 4.42. The Labute approximate surface area is 148 Å². The summed E-state index contributed by atoms with van der Waals surface area (Å²) < 4.78 is 16.7. The molecule has 5 nitrogen and oxygen atoms in total. The van der Waals surface area contributed by atoms with E-state index >= 15 is 0 Å². The molecule has 1 saturated heterocycles. The number of nitrogens with zero attached hydrogens (tertiary/aromatic N) is 1. The van der Waals surface area contributed by atoms with Crippen LogP contribution in [-0.2, 0) is 0 Å². The van der Waals surface area contributed by atoms with E-state index in [9.17, 15) is 4.79 Å². The Morgan fingerprint density at radius 1 is 0.920 bits per heavy atom. The van der Waals surface area contributed by atoms with Crippen molar-refractivity contribution in [1.82, 2.24) is 4.90 Å². The van der Waals surface area contributed by atoms with Crippen molar-refractivity contribution in [3.63, 3.8) is 0 Å². The fraction of sp³-hybridized carbons (Fsp3) is 0.350. The van der Waals surface area contributed by atoms with Crippen molar-refractivity contribution in [3.8, 4) is 17.2 Å². The number of amides is 1. The van der Waals surface area contributed by atoms with Crippen LogP contribution in [0.15, 0.2) is 48.5 Å². The van der Waals surface area contributed by atoms with Gasteiger partial charge in [-0.25, -0.2) is 0 Å². The van der Waals surface area contributed by atoms with Crippen LogP contribution in [0.25, 0.3) is 0 Å². The molecule has 1 aliphatic heterocycles. The summed E-state index contributed by atoms with van der Waals surface area (Å²) in [6.07, 6.45) is 1.74. The molecule has 2 aromatic carbocycles. The molecule has 0 bridgehead atoms. The lowest BCUT2D eigenvalue weighted by Crippen LogP contribution is -2.42. The lowest BCUT2D eigenvalue weighted by molar-refractivity contribution is 0.0589. The van der Waals surface area contributed by atoms with Crippen molar-refractivity contribution in [3.05, 3.63) is 54.1 Å². The second-order valence-corrected chi connectivity index (χ2v) is 5.96. The second kappa shape index (κ2) is 7.92. The van der Waals surface area contributed by atoms with Crippen molar-refractivity contribution >= 4 is 5.91 Å². The monoisotopic (exact) mass is 341 g/mol. The van der Waals surface area contributed by atoms with Crippen LogP contribution < -0.4 is 14.2 Å². The number of benzene rings is 2. The maximum atomic E-state index is 12.9. The summed E-state index contributed by atoms with van der Waals surface area (Å²) in [5.41, 5.74) is 0.481. The molecule has 0 aromatic heterocycles. The van der Waals surface area contributed by atoms with Gasteiger partial charge in [-0.2, -0.15) is 0 Å². The second-order valence-electron chi connectivity index (χ2n) is 5.96. The molecule has 0 spiro atoms. The molecule has 0 aliphatic carbocycles. The highest BCUT2D eigenvalue weighted by Gasteiger charge is 2.28. The minimum Gasteiger partial charge on any atom is -0.496 e. The summed E-state index contributed by atoms with van der Waals surface area (Å²) in [4.78, 5) is 14.8. The number of hydrogen-bond donors (Lipinski definition) is 0. The highest BCUT2D eigenvalue weighted by Crippen LogP contribution is 2.30. The van der Waals surface area contributed by atoms with E-state index in [-0.39, 0.29) is 12.0 Å². The Hall–Kier alpha value is -2.69. The van der Waals surface area contributed by atoms with E-state index in [1.807, 2.05) is 41.3 Å². The fourth-order valence-electron chi connectivity index (χ4n) is 3.09. The first-order chi connectivity index (χ1) is 12.2. The molecule has 5 heteroatoms. The maximum absolute atomic E-state index is 12.9. The minimum absolute atomic E-state index is 0.0625. The van der Waals surface area contributed by atoms with Crippen molar-refractivity contribution in [2.45, 2.75) is 18.9 Å². The molecule has 0 radical (unpaired) electrons. The molecule has 0 N–H and O–H groups in total. The van der Waals surface area contributed by atoms with Crippen LogP contribution in [0.3, 0.4) is 0 Å². The SMILES string of the molecule is COc1cccc(OC)c1C(=O)N1CCC(Oc2ccccc2)CC1. The van der Waals surface area contributed by atoms with Crippen LogP contribution in [0, 0.1) is 0 Å². The van der Waals surface area contributed by atoms with E-state index in [1.165, 1.54) is 0 Å². The summed E-state index contributed by atoms with van der Waals surface area (Å²) in [5, 5.41) is 0. The molecule has 0 atom stereocenters. The van der Waals surface area contributed by atoms with E-state index in [0.717, 1.165) is 18.6 Å². The summed E-state index contributed by atoms with van der Waals surface area (Å²) in [5.74, 6) is 1.88. The molecule has 3 rings (SSSR count). The van der Waals surface area contributed by atoms with E-state index in [4.69, 9.17) is 14.2 Å². The Balaban J connectivity index is 1.66. The van der Waals surface area contributed by atoms with Gasteiger partial charge in [0.15, 0.2) is 0 Å². The van der Waals surface area contributed by atoms with Gasteiger partial charge in [0.2, 0.25) is 0 Å². The van der Waals surface area contributed by atoms with Crippen molar-refractivity contribution in [2.75, 3.05) is 27.3 Å². The van der Waals surface area contributed by atoms with Crippen LogP contribution in [-0.4, -0.2) is 44.2 Å².